The Bertz CT molecular complexity index is 501. The zero-order chi connectivity index (χ0) is 13.8. The average molecular weight is 342 g/mol. The van der Waals surface area contributed by atoms with Crippen LogP contribution in [0.4, 0.5) is 10.5 Å². The van der Waals surface area contributed by atoms with Crippen molar-refractivity contribution in [2.45, 2.75) is 31.7 Å². The molecule has 1 aliphatic carbocycles. The molecule has 2 rings (SSSR count). The topological polar surface area (TPSA) is 67.1 Å². The molecule has 4 N–H and O–H groups in total. The fourth-order valence-corrected chi connectivity index (χ4v) is 2.79. The van der Waals surface area contributed by atoms with Gasteiger partial charge in [0.1, 0.15) is 4.99 Å². The van der Waals surface area contributed by atoms with Gasteiger partial charge in [-0.2, -0.15) is 0 Å². The Balaban J connectivity index is 2.06. The van der Waals surface area contributed by atoms with Crippen LogP contribution < -0.4 is 16.4 Å². The number of nitrogens with one attached hydrogen (secondary N) is 2. The highest BCUT2D eigenvalue weighted by atomic mass is 79.9. The molecule has 0 aromatic heterocycles. The largest absolute Gasteiger partial charge is 0.389 e. The number of hydrogen-bond acceptors (Lipinski definition) is 2. The predicted molar refractivity (Wildman–Crippen MR) is 84.4 cm³/mol. The summed E-state index contributed by atoms with van der Waals surface area (Å²) in [6, 6.07) is 5.50. The minimum atomic E-state index is -0.206. The summed E-state index contributed by atoms with van der Waals surface area (Å²) in [4.78, 5) is 12.2. The van der Waals surface area contributed by atoms with Gasteiger partial charge in [-0.25, -0.2) is 4.79 Å². The Kier molecular flexibility index (Phi) is 4.76. The Morgan fingerprint density at radius 1 is 1.37 bits per heavy atom. The molecule has 6 heteroatoms. The number of hydrogen-bond donors (Lipinski definition) is 3. The van der Waals surface area contributed by atoms with E-state index in [1.54, 1.807) is 12.1 Å². The minimum absolute atomic E-state index is 0.206. The number of carbonyl (C=O) groups is 1. The third-order valence-electron chi connectivity index (χ3n) is 3.19. The molecule has 0 atom stereocenters. The maximum absolute atomic E-state index is 11.9. The van der Waals surface area contributed by atoms with Crippen LogP contribution >= 0.6 is 28.1 Å². The number of thiocarbonyl (C=S) groups is 1. The lowest BCUT2D eigenvalue weighted by molar-refractivity contribution is 0.248. The van der Waals surface area contributed by atoms with Gasteiger partial charge in [-0.05, 0) is 31.0 Å². The van der Waals surface area contributed by atoms with Gasteiger partial charge in [-0.15, -0.1) is 0 Å². The number of halogens is 1. The van der Waals surface area contributed by atoms with Gasteiger partial charge >= 0.3 is 6.03 Å². The highest BCUT2D eigenvalue weighted by Crippen LogP contribution is 2.22. The lowest BCUT2D eigenvalue weighted by Crippen LogP contribution is -2.36. The molecule has 0 heterocycles. The maximum atomic E-state index is 11.9. The van der Waals surface area contributed by atoms with E-state index in [4.69, 9.17) is 18.0 Å². The Morgan fingerprint density at radius 3 is 2.68 bits per heavy atom. The van der Waals surface area contributed by atoms with Crippen molar-refractivity contribution in [2.75, 3.05) is 5.32 Å². The molecule has 19 heavy (non-hydrogen) atoms. The third kappa shape index (κ3) is 3.91. The third-order valence-corrected chi connectivity index (χ3v) is 3.90. The summed E-state index contributed by atoms with van der Waals surface area (Å²) in [6.45, 7) is 0. The van der Waals surface area contributed by atoms with Crippen LogP contribution in [0.2, 0.25) is 0 Å². The van der Waals surface area contributed by atoms with Gasteiger partial charge in [0, 0.05) is 16.1 Å². The number of carbonyl (C=O) groups excluding carboxylic acids is 1. The number of amides is 2. The molecule has 4 nitrogen and oxygen atoms in total. The highest BCUT2D eigenvalue weighted by molar-refractivity contribution is 9.10. The smallest absolute Gasteiger partial charge is 0.319 e. The van der Waals surface area contributed by atoms with Gasteiger partial charge in [-0.1, -0.05) is 41.0 Å². The second kappa shape index (κ2) is 6.34. The number of urea groups is 1. The number of rotatable bonds is 3. The summed E-state index contributed by atoms with van der Waals surface area (Å²) < 4.78 is 0.865. The van der Waals surface area contributed by atoms with Crippen LogP contribution in [-0.2, 0) is 0 Å². The first-order valence-corrected chi connectivity index (χ1v) is 7.43. The molecule has 0 radical (unpaired) electrons. The van der Waals surface area contributed by atoms with Crippen LogP contribution in [0.1, 0.15) is 31.2 Å². The van der Waals surface area contributed by atoms with Gasteiger partial charge in [0.25, 0.3) is 0 Å². The summed E-state index contributed by atoms with van der Waals surface area (Å²) in [5.74, 6) is 0. The molecule has 0 spiro atoms. The second-order valence-electron chi connectivity index (χ2n) is 4.63. The van der Waals surface area contributed by atoms with E-state index in [9.17, 15) is 4.79 Å². The summed E-state index contributed by atoms with van der Waals surface area (Å²) >= 11 is 8.35. The first kappa shape index (κ1) is 14.3. The van der Waals surface area contributed by atoms with Gasteiger partial charge < -0.3 is 16.4 Å². The SMILES string of the molecule is NC(=S)c1ccc(Br)cc1NC(=O)NC1CCCC1. The molecule has 1 aromatic carbocycles. The van der Waals surface area contributed by atoms with E-state index in [0.717, 1.165) is 17.3 Å². The Labute approximate surface area is 126 Å². The molecule has 2 amide bonds. The van der Waals surface area contributed by atoms with E-state index < -0.39 is 0 Å². The monoisotopic (exact) mass is 341 g/mol. The summed E-state index contributed by atoms with van der Waals surface area (Å²) in [5.41, 5.74) is 6.94. The first-order valence-electron chi connectivity index (χ1n) is 6.23. The van der Waals surface area contributed by atoms with Crippen LogP contribution in [0.25, 0.3) is 0 Å². The molecule has 0 aliphatic heterocycles. The van der Waals surface area contributed by atoms with E-state index in [1.807, 2.05) is 6.07 Å². The zero-order valence-electron chi connectivity index (χ0n) is 10.4. The van der Waals surface area contributed by atoms with Crippen molar-refractivity contribution in [1.29, 1.82) is 0 Å². The van der Waals surface area contributed by atoms with Crippen molar-refractivity contribution in [3.8, 4) is 0 Å². The van der Waals surface area contributed by atoms with Crippen molar-refractivity contribution >= 4 is 44.9 Å². The van der Waals surface area contributed by atoms with Crippen LogP contribution in [0.15, 0.2) is 22.7 Å². The van der Waals surface area contributed by atoms with Gasteiger partial charge in [0.15, 0.2) is 0 Å². The van der Waals surface area contributed by atoms with Crippen molar-refractivity contribution in [1.82, 2.24) is 5.32 Å². The fraction of sp³-hybridized carbons (Fsp3) is 0.385. The summed E-state index contributed by atoms with van der Waals surface area (Å²) in [7, 11) is 0. The normalized spacial score (nSPS) is 15.2. The molecule has 0 bridgehead atoms. The second-order valence-corrected chi connectivity index (χ2v) is 5.99. The molecule has 0 saturated heterocycles. The van der Waals surface area contributed by atoms with E-state index in [-0.39, 0.29) is 17.1 Å². The van der Waals surface area contributed by atoms with E-state index in [0.29, 0.717) is 11.3 Å². The van der Waals surface area contributed by atoms with Crippen molar-refractivity contribution in [2.24, 2.45) is 5.73 Å². The summed E-state index contributed by atoms with van der Waals surface area (Å²) in [5, 5.41) is 5.78. The van der Waals surface area contributed by atoms with E-state index in [2.05, 4.69) is 26.6 Å². The first-order chi connectivity index (χ1) is 9.06. The lowest BCUT2D eigenvalue weighted by Gasteiger charge is -2.15. The molecule has 0 unspecified atom stereocenters. The van der Waals surface area contributed by atoms with Crippen molar-refractivity contribution in [3.63, 3.8) is 0 Å². The van der Waals surface area contributed by atoms with Crippen LogP contribution in [0.5, 0.6) is 0 Å². The van der Waals surface area contributed by atoms with Gasteiger partial charge in [0.2, 0.25) is 0 Å². The Morgan fingerprint density at radius 2 is 2.05 bits per heavy atom. The highest BCUT2D eigenvalue weighted by Gasteiger charge is 2.17. The number of benzene rings is 1. The molecule has 1 fully saturated rings. The molecule has 1 saturated carbocycles. The van der Waals surface area contributed by atoms with Crippen molar-refractivity contribution < 1.29 is 4.79 Å². The Hall–Kier alpha value is -1.14. The van der Waals surface area contributed by atoms with E-state index >= 15 is 0 Å². The predicted octanol–water partition coefficient (Wildman–Crippen LogP) is 3.15. The van der Waals surface area contributed by atoms with Gasteiger partial charge in [-0.3, -0.25) is 0 Å². The van der Waals surface area contributed by atoms with Crippen molar-refractivity contribution in [3.05, 3.63) is 28.2 Å². The fourth-order valence-electron chi connectivity index (χ4n) is 2.25. The number of nitrogens with two attached hydrogens (primary N) is 1. The van der Waals surface area contributed by atoms with E-state index in [1.165, 1.54) is 12.8 Å². The molecule has 102 valence electrons. The van der Waals surface area contributed by atoms with Crippen LogP contribution in [-0.4, -0.2) is 17.1 Å². The van der Waals surface area contributed by atoms with Crippen LogP contribution in [0.3, 0.4) is 0 Å². The molecular weight excluding hydrogens is 326 g/mol. The molecular formula is C13H16BrN3OS. The van der Waals surface area contributed by atoms with Crippen LogP contribution in [0, 0.1) is 0 Å². The zero-order valence-corrected chi connectivity index (χ0v) is 12.8. The lowest BCUT2D eigenvalue weighted by atomic mass is 10.2. The summed E-state index contributed by atoms with van der Waals surface area (Å²) in [6.07, 6.45) is 4.46. The molecule has 1 aromatic rings. The average Bonchev–Trinajstić information content (AvgIpc) is 2.81. The van der Waals surface area contributed by atoms with Gasteiger partial charge in [0.05, 0.1) is 5.69 Å². The number of anilines is 1. The quantitative estimate of drug-likeness (QED) is 0.740. The minimum Gasteiger partial charge on any atom is -0.389 e. The standard InChI is InChI=1S/C13H16BrN3OS/c14-8-5-6-10(12(15)19)11(7-8)17-13(18)16-9-3-1-2-4-9/h5-7,9H,1-4H2,(H2,15,19)(H2,16,17,18). The molecule has 1 aliphatic rings. The maximum Gasteiger partial charge on any atom is 0.319 e.